The van der Waals surface area contributed by atoms with Gasteiger partial charge in [-0.25, -0.2) is 4.39 Å². The molecular weight excluding hydrogens is 465 g/mol. The van der Waals surface area contributed by atoms with Gasteiger partial charge in [-0.1, -0.05) is 11.6 Å². The Hall–Kier alpha value is -2.64. The minimum Gasteiger partial charge on any atom is -0.369 e. The van der Waals surface area contributed by atoms with Crippen LogP contribution in [0.2, 0.25) is 5.02 Å². The lowest BCUT2D eigenvalue weighted by molar-refractivity contribution is 0.0950. The highest BCUT2D eigenvalue weighted by Gasteiger charge is 2.28. The van der Waals surface area contributed by atoms with Crippen LogP contribution in [0.1, 0.15) is 59.7 Å². The first kappa shape index (κ1) is 25.5. The number of nitrogens with one attached hydrogen (secondary N) is 2. The molecule has 0 radical (unpaired) electrons. The van der Waals surface area contributed by atoms with Crippen LogP contribution in [0.15, 0.2) is 24.4 Å². The van der Waals surface area contributed by atoms with E-state index in [0.29, 0.717) is 33.7 Å². The Bertz CT molecular complexity index is 1220. The minimum absolute atomic E-state index is 0.0525. The largest absolute Gasteiger partial charge is 0.369 e. The molecule has 0 atom stereocenters. The number of aromatic amines is 1. The number of rotatable bonds is 7. The summed E-state index contributed by atoms with van der Waals surface area (Å²) in [4.78, 5) is 18.0. The van der Waals surface area contributed by atoms with E-state index in [1.54, 1.807) is 12.3 Å². The molecule has 0 aliphatic heterocycles. The lowest BCUT2D eigenvalue weighted by Crippen LogP contribution is -2.42. The Morgan fingerprint density at radius 2 is 1.86 bits per heavy atom. The van der Waals surface area contributed by atoms with Gasteiger partial charge in [-0.15, -0.1) is 0 Å². The van der Waals surface area contributed by atoms with Crippen molar-refractivity contribution < 1.29 is 9.18 Å². The van der Waals surface area contributed by atoms with Crippen LogP contribution in [0.4, 0.5) is 10.1 Å². The third-order valence-electron chi connectivity index (χ3n) is 7.50. The van der Waals surface area contributed by atoms with Crippen LogP contribution in [0.3, 0.4) is 0 Å². The summed E-state index contributed by atoms with van der Waals surface area (Å²) in [6, 6.07) is 6.17. The van der Waals surface area contributed by atoms with Crippen molar-refractivity contribution in [3.05, 3.63) is 57.5 Å². The molecule has 3 aromatic rings. The number of amides is 1. The van der Waals surface area contributed by atoms with Crippen LogP contribution >= 0.6 is 11.6 Å². The van der Waals surface area contributed by atoms with Crippen LogP contribution < -0.4 is 10.2 Å². The van der Waals surface area contributed by atoms with Crippen LogP contribution in [-0.4, -0.2) is 53.7 Å². The van der Waals surface area contributed by atoms with Gasteiger partial charge < -0.3 is 15.1 Å². The van der Waals surface area contributed by atoms with E-state index in [2.05, 4.69) is 46.3 Å². The van der Waals surface area contributed by atoms with Crippen LogP contribution in [-0.2, 0) is 6.54 Å². The molecule has 0 bridgehead atoms. The second kappa shape index (κ2) is 10.5. The van der Waals surface area contributed by atoms with Gasteiger partial charge in [-0.2, -0.15) is 5.10 Å². The van der Waals surface area contributed by atoms with Crippen molar-refractivity contribution in [1.29, 1.82) is 0 Å². The summed E-state index contributed by atoms with van der Waals surface area (Å²) in [5.41, 5.74) is 4.20. The van der Waals surface area contributed by atoms with Gasteiger partial charge in [0.05, 0.1) is 11.7 Å². The van der Waals surface area contributed by atoms with Crippen LogP contribution in [0.25, 0.3) is 10.9 Å². The molecule has 1 saturated carbocycles. The number of hydrogen-bond acceptors (Lipinski definition) is 4. The van der Waals surface area contributed by atoms with Gasteiger partial charge in [-0.3, -0.25) is 9.89 Å². The zero-order chi connectivity index (χ0) is 25.3. The molecule has 6 nitrogen and oxygen atoms in total. The molecule has 2 N–H and O–H groups in total. The molecule has 0 spiro atoms. The fourth-order valence-electron chi connectivity index (χ4n) is 5.44. The van der Waals surface area contributed by atoms with Crippen LogP contribution in [0, 0.1) is 19.7 Å². The number of anilines is 1. The highest BCUT2D eigenvalue weighted by Crippen LogP contribution is 2.34. The van der Waals surface area contributed by atoms with Crippen molar-refractivity contribution in [1.82, 2.24) is 20.4 Å². The van der Waals surface area contributed by atoms with Crippen molar-refractivity contribution in [3.63, 3.8) is 0 Å². The number of benzene rings is 2. The maximum Gasteiger partial charge on any atom is 0.251 e. The van der Waals surface area contributed by atoms with E-state index in [0.717, 1.165) is 54.4 Å². The molecule has 1 aromatic heterocycles. The standard InChI is InChI=1S/C27H35ClFN5O/c1-6-34(20-9-7-19(8-10-20)33(4)5)25-13-18(28)12-21(17(25)3)27(35)30-14-23-24(29)11-16(2)22-15-31-32-26(22)23/h11-13,15,19-20H,6-10,14H2,1-5H3,(H,30,35)(H,31,32). The number of carbonyl (C=O) groups is 1. The first-order chi connectivity index (χ1) is 16.7. The topological polar surface area (TPSA) is 64.3 Å². The number of carbonyl (C=O) groups excluding carboxylic acids is 1. The molecule has 1 heterocycles. The summed E-state index contributed by atoms with van der Waals surface area (Å²) in [6.45, 7) is 6.84. The Balaban J connectivity index is 1.56. The molecule has 1 amide bonds. The van der Waals surface area contributed by atoms with Gasteiger partial charge in [-0.05, 0) is 89.9 Å². The van der Waals surface area contributed by atoms with Crippen LogP contribution in [0.5, 0.6) is 0 Å². The molecule has 8 heteroatoms. The molecule has 1 aliphatic carbocycles. The monoisotopic (exact) mass is 499 g/mol. The third-order valence-corrected chi connectivity index (χ3v) is 7.72. The zero-order valence-corrected chi connectivity index (χ0v) is 22.0. The Labute approximate surface area is 211 Å². The SMILES string of the molecule is CCN(c1cc(Cl)cc(C(=O)NCc2c(F)cc(C)c3cn[nH]c23)c1C)C1CCC(N(C)C)CC1. The van der Waals surface area contributed by atoms with Gasteiger partial charge in [0.1, 0.15) is 5.82 Å². The smallest absolute Gasteiger partial charge is 0.251 e. The predicted octanol–water partition coefficient (Wildman–Crippen LogP) is 5.60. The van der Waals surface area contributed by atoms with Gasteiger partial charge in [0, 0.05) is 52.4 Å². The molecule has 1 aliphatic rings. The van der Waals surface area contributed by atoms with E-state index in [9.17, 15) is 9.18 Å². The summed E-state index contributed by atoms with van der Waals surface area (Å²) in [6.07, 6.45) is 6.21. The van der Waals surface area contributed by atoms with Gasteiger partial charge in [0.25, 0.3) is 5.91 Å². The second-order valence-electron chi connectivity index (χ2n) is 9.80. The zero-order valence-electron chi connectivity index (χ0n) is 21.2. The second-order valence-corrected chi connectivity index (χ2v) is 10.2. The number of aromatic nitrogens is 2. The van der Waals surface area contributed by atoms with E-state index in [1.165, 1.54) is 6.07 Å². The van der Waals surface area contributed by atoms with Crippen molar-refractivity contribution >= 4 is 34.1 Å². The molecule has 0 saturated heterocycles. The highest BCUT2D eigenvalue weighted by molar-refractivity contribution is 6.31. The lowest BCUT2D eigenvalue weighted by Gasteiger charge is -2.40. The van der Waals surface area contributed by atoms with Crippen molar-refractivity contribution in [2.45, 2.75) is 65.1 Å². The van der Waals surface area contributed by atoms with Gasteiger partial charge in [0.2, 0.25) is 0 Å². The first-order valence-corrected chi connectivity index (χ1v) is 12.7. The summed E-state index contributed by atoms with van der Waals surface area (Å²) >= 11 is 6.51. The lowest BCUT2D eigenvalue weighted by atomic mass is 9.89. The minimum atomic E-state index is -0.367. The van der Waals surface area contributed by atoms with E-state index in [1.807, 2.05) is 19.9 Å². The first-order valence-electron chi connectivity index (χ1n) is 12.3. The number of aryl methyl sites for hydroxylation is 1. The fraction of sp³-hybridized carbons (Fsp3) is 0.481. The Morgan fingerprint density at radius 1 is 1.17 bits per heavy atom. The van der Waals surface area contributed by atoms with Crippen molar-refractivity contribution in [2.75, 3.05) is 25.5 Å². The number of hydrogen-bond donors (Lipinski definition) is 2. The molecule has 4 rings (SSSR count). The van der Waals surface area contributed by atoms with E-state index >= 15 is 0 Å². The molecule has 0 unspecified atom stereocenters. The predicted molar refractivity (Wildman–Crippen MR) is 141 cm³/mol. The van der Waals surface area contributed by atoms with E-state index in [-0.39, 0.29) is 18.3 Å². The summed E-state index contributed by atoms with van der Waals surface area (Å²) < 4.78 is 14.7. The summed E-state index contributed by atoms with van der Waals surface area (Å²) in [7, 11) is 4.29. The van der Waals surface area contributed by atoms with Crippen molar-refractivity contribution in [3.8, 4) is 0 Å². The normalized spacial score (nSPS) is 18.3. The number of halogens is 2. The number of nitrogens with zero attached hydrogens (tertiary/aromatic N) is 3. The highest BCUT2D eigenvalue weighted by atomic mass is 35.5. The quantitative estimate of drug-likeness (QED) is 0.444. The Morgan fingerprint density at radius 3 is 2.51 bits per heavy atom. The summed E-state index contributed by atoms with van der Waals surface area (Å²) in [5.74, 6) is -0.639. The summed E-state index contributed by atoms with van der Waals surface area (Å²) in [5, 5.41) is 11.2. The maximum atomic E-state index is 14.7. The van der Waals surface area contributed by atoms with Crippen molar-refractivity contribution in [2.24, 2.45) is 0 Å². The molecule has 2 aromatic carbocycles. The van der Waals surface area contributed by atoms with E-state index in [4.69, 9.17) is 11.6 Å². The van der Waals surface area contributed by atoms with E-state index < -0.39 is 0 Å². The third kappa shape index (κ3) is 5.16. The molecule has 1 fully saturated rings. The molecule has 35 heavy (non-hydrogen) atoms. The fourth-order valence-corrected chi connectivity index (χ4v) is 5.65. The molecule has 188 valence electrons. The average molecular weight is 500 g/mol. The molecular formula is C27H35ClFN5O. The number of fused-ring (bicyclic) bond motifs is 1. The van der Waals surface area contributed by atoms with Gasteiger partial charge in [0.15, 0.2) is 0 Å². The Kier molecular flexibility index (Phi) is 7.67. The average Bonchev–Trinajstić information content (AvgIpc) is 3.32. The number of H-pyrrole nitrogens is 1. The maximum absolute atomic E-state index is 14.7. The van der Waals surface area contributed by atoms with Gasteiger partial charge >= 0.3 is 0 Å².